The lowest BCUT2D eigenvalue weighted by molar-refractivity contribution is 0.218. The lowest BCUT2D eigenvalue weighted by Gasteiger charge is -2.16. The van der Waals surface area contributed by atoms with Gasteiger partial charge >= 0.3 is 0 Å². The van der Waals surface area contributed by atoms with Gasteiger partial charge in [-0.3, -0.25) is 0 Å². The van der Waals surface area contributed by atoms with Crippen LogP contribution in [-0.4, -0.2) is 12.2 Å². The van der Waals surface area contributed by atoms with Crippen molar-refractivity contribution in [1.82, 2.24) is 0 Å². The van der Waals surface area contributed by atoms with E-state index in [1.807, 2.05) is 0 Å². The van der Waals surface area contributed by atoms with E-state index in [-0.39, 0.29) is 0 Å². The van der Waals surface area contributed by atoms with Crippen molar-refractivity contribution in [2.75, 3.05) is 7.11 Å². The number of ether oxygens (including phenoxy) is 1. The number of aliphatic hydroxyl groups excluding tert-OH is 1. The highest BCUT2D eigenvalue weighted by Gasteiger charge is 2.18. The van der Waals surface area contributed by atoms with Gasteiger partial charge in [-0.05, 0) is 36.4 Å². The highest BCUT2D eigenvalue weighted by molar-refractivity contribution is 9.10. The van der Waals surface area contributed by atoms with Crippen molar-refractivity contribution in [3.05, 3.63) is 62.8 Å². The molecule has 2 aromatic rings. The van der Waals surface area contributed by atoms with Crippen LogP contribution in [0.2, 0.25) is 5.02 Å². The third-order valence-electron chi connectivity index (χ3n) is 2.75. The van der Waals surface area contributed by atoms with Crippen LogP contribution in [-0.2, 0) is 0 Å². The first-order valence-electron chi connectivity index (χ1n) is 5.49. The Labute approximate surface area is 123 Å². The summed E-state index contributed by atoms with van der Waals surface area (Å²) < 4.78 is 19.1. The van der Waals surface area contributed by atoms with E-state index in [0.717, 1.165) is 0 Å². The number of halogens is 3. The summed E-state index contributed by atoms with van der Waals surface area (Å²) in [7, 11) is 1.54. The summed E-state index contributed by atoms with van der Waals surface area (Å²) in [6.07, 6.45) is -1.03. The van der Waals surface area contributed by atoms with E-state index in [0.29, 0.717) is 26.4 Å². The lowest BCUT2D eigenvalue weighted by Crippen LogP contribution is -2.02. The molecule has 1 N–H and O–H groups in total. The molecule has 0 amide bonds. The molecule has 0 spiro atoms. The zero-order valence-corrected chi connectivity index (χ0v) is 12.4. The van der Waals surface area contributed by atoms with Crippen LogP contribution in [0.5, 0.6) is 5.75 Å². The third kappa shape index (κ3) is 3.08. The Kier molecular flexibility index (Phi) is 4.45. The van der Waals surface area contributed by atoms with Crippen LogP contribution in [0.25, 0.3) is 0 Å². The van der Waals surface area contributed by atoms with Crippen molar-refractivity contribution in [1.29, 1.82) is 0 Å². The van der Waals surface area contributed by atoms with Gasteiger partial charge in [-0.15, -0.1) is 0 Å². The first-order valence-corrected chi connectivity index (χ1v) is 6.66. The highest BCUT2D eigenvalue weighted by Crippen LogP contribution is 2.34. The van der Waals surface area contributed by atoms with Crippen LogP contribution in [0.1, 0.15) is 17.2 Å². The molecule has 0 aromatic heterocycles. The van der Waals surface area contributed by atoms with E-state index in [4.69, 9.17) is 16.3 Å². The van der Waals surface area contributed by atoms with Crippen LogP contribution < -0.4 is 4.74 Å². The van der Waals surface area contributed by atoms with E-state index in [9.17, 15) is 9.50 Å². The Morgan fingerprint density at radius 2 is 1.95 bits per heavy atom. The molecule has 2 nitrogen and oxygen atoms in total. The second kappa shape index (κ2) is 5.90. The van der Waals surface area contributed by atoms with Crippen molar-refractivity contribution in [3.63, 3.8) is 0 Å². The Morgan fingerprint density at radius 3 is 2.63 bits per heavy atom. The first kappa shape index (κ1) is 14.3. The maximum absolute atomic E-state index is 13.3. The topological polar surface area (TPSA) is 29.5 Å². The molecule has 0 aliphatic carbocycles. The molecule has 2 aromatic carbocycles. The fraction of sp³-hybridized carbons (Fsp3) is 0.143. The van der Waals surface area contributed by atoms with E-state index < -0.39 is 11.9 Å². The first-order chi connectivity index (χ1) is 9.02. The normalized spacial score (nSPS) is 12.3. The summed E-state index contributed by atoms with van der Waals surface area (Å²) in [4.78, 5) is 0. The Morgan fingerprint density at radius 1 is 1.21 bits per heavy atom. The quantitative estimate of drug-likeness (QED) is 0.897. The molecular formula is C14H11BrClFO2. The van der Waals surface area contributed by atoms with Gasteiger partial charge in [0.25, 0.3) is 0 Å². The molecule has 19 heavy (non-hydrogen) atoms. The van der Waals surface area contributed by atoms with E-state index in [1.165, 1.54) is 25.3 Å². The van der Waals surface area contributed by atoms with E-state index in [2.05, 4.69) is 15.9 Å². The molecule has 2 rings (SSSR count). The fourth-order valence-corrected chi connectivity index (χ4v) is 2.43. The second-order valence-corrected chi connectivity index (χ2v) is 5.22. The average molecular weight is 346 g/mol. The summed E-state index contributed by atoms with van der Waals surface area (Å²) in [6.45, 7) is 0. The molecule has 0 saturated carbocycles. The summed E-state index contributed by atoms with van der Waals surface area (Å²) in [6, 6.07) is 9.08. The summed E-state index contributed by atoms with van der Waals surface area (Å²) in [5.74, 6) is 0.155. The minimum atomic E-state index is -1.03. The number of rotatable bonds is 3. The monoisotopic (exact) mass is 344 g/mol. The summed E-state index contributed by atoms with van der Waals surface area (Å²) in [5, 5.41) is 10.7. The molecule has 0 aliphatic rings. The molecule has 0 fully saturated rings. The zero-order valence-electron chi connectivity index (χ0n) is 10.0. The highest BCUT2D eigenvalue weighted by atomic mass is 79.9. The molecule has 5 heteroatoms. The van der Waals surface area contributed by atoms with Crippen molar-refractivity contribution in [2.45, 2.75) is 6.10 Å². The van der Waals surface area contributed by atoms with Gasteiger partial charge in [0.1, 0.15) is 17.7 Å². The van der Waals surface area contributed by atoms with E-state index in [1.54, 1.807) is 18.2 Å². The Hall–Kier alpha value is -1.10. The van der Waals surface area contributed by atoms with Crippen LogP contribution in [0.15, 0.2) is 40.9 Å². The fourth-order valence-electron chi connectivity index (χ4n) is 1.75. The van der Waals surface area contributed by atoms with Gasteiger partial charge in [-0.2, -0.15) is 0 Å². The van der Waals surface area contributed by atoms with Crippen LogP contribution in [0, 0.1) is 5.82 Å². The van der Waals surface area contributed by atoms with Gasteiger partial charge in [0.2, 0.25) is 0 Å². The maximum Gasteiger partial charge on any atom is 0.123 e. The number of benzene rings is 2. The molecular weight excluding hydrogens is 335 g/mol. The minimum Gasteiger partial charge on any atom is -0.497 e. The van der Waals surface area contributed by atoms with Gasteiger partial charge in [0, 0.05) is 20.6 Å². The SMILES string of the molecule is COc1ccc(Br)c(C(O)c2cc(F)ccc2Cl)c1. The molecule has 0 aliphatic heterocycles. The molecule has 0 bridgehead atoms. The largest absolute Gasteiger partial charge is 0.497 e. The van der Waals surface area contributed by atoms with Crippen LogP contribution in [0.3, 0.4) is 0 Å². The predicted octanol–water partition coefficient (Wildman–Crippen LogP) is 4.33. The molecule has 0 radical (unpaired) electrons. The lowest BCUT2D eigenvalue weighted by atomic mass is 10.0. The van der Waals surface area contributed by atoms with Crippen molar-refractivity contribution >= 4 is 27.5 Å². The summed E-state index contributed by atoms with van der Waals surface area (Å²) in [5.41, 5.74) is 0.877. The van der Waals surface area contributed by atoms with Gasteiger partial charge in [0.05, 0.1) is 7.11 Å². The van der Waals surface area contributed by atoms with Gasteiger partial charge in [-0.1, -0.05) is 27.5 Å². The van der Waals surface area contributed by atoms with Crippen molar-refractivity contribution in [2.24, 2.45) is 0 Å². The standard InChI is InChI=1S/C14H11BrClFO2/c1-19-9-3-4-12(15)10(7-9)14(18)11-6-8(17)2-5-13(11)16/h2-7,14,18H,1H3. The molecule has 1 unspecified atom stereocenters. The van der Waals surface area contributed by atoms with Gasteiger partial charge in [-0.25, -0.2) is 4.39 Å². The molecule has 0 heterocycles. The number of methoxy groups -OCH3 is 1. The molecule has 1 atom stereocenters. The molecule has 0 saturated heterocycles. The Balaban J connectivity index is 2.48. The average Bonchev–Trinajstić information content (AvgIpc) is 2.41. The van der Waals surface area contributed by atoms with Gasteiger partial charge < -0.3 is 9.84 Å². The Bertz CT molecular complexity index is 604. The number of hydrogen-bond donors (Lipinski definition) is 1. The van der Waals surface area contributed by atoms with Crippen LogP contribution in [0.4, 0.5) is 4.39 Å². The number of hydrogen-bond acceptors (Lipinski definition) is 2. The van der Waals surface area contributed by atoms with Gasteiger partial charge in [0.15, 0.2) is 0 Å². The minimum absolute atomic E-state index is 0.309. The smallest absolute Gasteiger partial charge is 0.123 e. The van der Waals surface area contributed by atoms with Crippen molar-refractivity contribution in [3.8, 4) is 5.75 Å². The zero-order chi connectivity index (χ0) is 14.0. The van der Waals surface area contributed by atoms with Crippen LogP contribution >= 0.6 is 27.5 Å². The maximum atomic E-state index is 13.3. The third-order valence-corrected chi connectivity index (χ3v) is 3.82. The second-order valence-electron chi connectivity index (χ2n) is 3.96. The molecule has 100 valence electrons. The summed E-state index contributed by atoms with van der Waals surface area (Å²) >= 11 is 9.34. The number of aliphatic hydroxyl groups is 1. The van der Waals surface area contributed by atoms with E-state index >= 15 is 0 Å². The predicted molar refractivity (Wildman–Crippen MR) is 76.2 cm³/mol. The van der Waals surface area contributed by atoms with Crippen molar-refractivity contribution < 1.29 is 14.2 Å².